The van der Waals surface area contributed by atoms with Gasteiger partial charge in [-0.3, -0.25) is 14.3 Å². The summed E-state index contributed by atoms with van der Waals surface area (Å²) < 4.78 is 39.1. The quantitative estimate of drug-likeness (QED) is 0.836. The number of piperidine rings is 1. The summed E-state index contributed by atoms with van der Waals surface area (Å²) in [5.74, 6) is 0.561. The van der Waals surface area contributed by atoms with Crippen LogP contribution in [-0.2, 0) is 13.2 Å². The molecule has 0 aromatic carbocycles. The number of hydrogen-bond acceptors (Lipinski definition) is 6. The molecule has 0 amide bonds. The van der Waals surface area contributed by atoms with Gasteiger partial charge < -0.3 is 10.2 Å². The lowest BCUT2D eigenvalue weighted by atomic mass is 10.1. The van der Waals surface area contributed by atoms with Crippen molar-refractivity contribution in [1.29, 1.82) is 0 Å². The van der Waals surface area contributed by atoms with Crippen LogP contribution < -0.4 is 21.5 Å². The SMILES string of the molecule is Cn1c(=O)cc(N2CCC(Nc3cc(C(F)(F)F)ncn3)CC2)[nH]c1=O. The number of aromatic nitrogens is 4. The first kappa shape index (κ1) is 18.0. The Morgan fingerprint density at radius 1 is 1.19 bits per heavy atom. The Kier molecular flexibility index (Phi) is 4.70. The van der Waals surface area contributed by atoms with Crippen LogP contribution in [0.5, 0.6) is 0 Å². The van der Waals surface area contributed by atoms with Gasteiger partial charge in [0.15, 0.2) is 0 Å². The third-order valence-corrected chi connectivity index (χ3v) is 4.28. The molecular weight excluding hydrogens is 353 g/mol. The second-order valence-corrected chi connectivity index (χ2v) is 6.05. The van der Waals surface area contributed by atoms with Crippen molar-refractivity contribution in [2.75, 3.05) is 23.3 Å². The van der Waals surface area contributed by atoms with E-state index in [1.54, 1.807) is 0 Å². The Morgan fingerprint density at radius 2 is 1.88 bits per heavy atom. The van der Waals surface area contributed by atoms with Crippen molar-refractivity contribution >= 4 is 11.6 Å². The smallest absolute Gasteiger partial charge is 0.367 e. The van der Waals surface area contributed by atoms with Gasteiger partial charge in [0.05, 0.1) is 0 Å². The van der Waals surface area contributed by atoms with E-state index in [4.69, 9.17) is 0 Å². The number of anilines is 2. The van der Waals surface area contributed by atoms with Crippen LogP contribution in [0.15, 0.2) is 28.0 Å². The zero-order valence-corrected chi connectivity index (χ0v) is 13.9. The van der Waals surface area contributed by atoms with E-state index in [2.05, 4.69) is 20.3 Å². The summed E-state index contributed by atoms with van der Waals surface area (Å²) in [4.78, 5) is 35.0. The average molecular weight is 370 g/mol. The van der Waals surface area contributed by atoms with Gasteiger partial charge in [0.25, 0.3) is 5.56 Å². The van der Waals surface area contributed by atoms with E-state index < -0.39 is 23.1 Å². The van der Waals surface area contributed by atoms with Crippen LogP contribution in [-0.4, -0.2) is 38.7 Å². The largest absolute Gasteiger partial charge is 0.433 e. The molecule has 3 rings (SSSR count). The minimum Gasteiger partial charge on any atom is -0.367 e. The van der Waals surface area contributed by atoms with Gasteiger partial charge in [-0.05, 0) is 12.8 Å². The summed E-state index contributed by atoms with van der Waals surface area (Å²) in [7, 11) is 1.39. The number of halogens is 3. The highest BCUT2D eigenvalue weighted by atomic mass is 19.4. The average Bonchev–Trinajstić information content (AvgIpc) is 2.59. The Labute approximate surface area is 145 Å². The van der Waals surface area contributed by atoms with Gasteiger partial charge in [0.2, 0.25) is 0 Å². The van der Waals surface area contributed by atoms with E-state index in [1.807, 2.05) is 4.90 Å². The number of H-pyrrole nitrogens is 1. The molecule has 1 saturated heterocycles. The van der Waals surface area contributed by atoms with Gasteiger partial charge in [-0.1, -0.05) is 0 Å². The Hall–Kier alpha value is -2.85. The van der Waals surface area contributed by atoms with Crippen LogP contribution >= 0.6 is 0 Å². The highest BCUT2D eigenvalue weighted by Crippen LogP contribution is 2.28. The second kappa shape index (κ2) is 6.81. The van der Waals surface area contributed by atoms with Crippen LogP contribution in [0, 0.1) is 0 Å². The molecule has 3 heterocycles. The fourth-order valence-electron chi connectivity index (χ4n) is 2.78. The summed E-state index contributed by atoms with van der Waals surface area (Å²) in [6, 6.07) is 2.17. The minimum absolute atomic E-state index is 0.0690. The monoisotopic (exact) mass is 370 g/mol. The molecular formula is C15H17F3N6O2. The summed E-state index contributed by atoms with van der Waals surface area (Å²) >= 11 is 0. The lowest BCUT2D eigenvalue weighted by Crippen LogP contribution is -2.42. The topological polar surface area (TPSA) is 95.9 Å². The van der Waals surface area contributed by atoms with Crippen LogP contribution in [0.3, 0.4) is 0 Å². The van der Waals surface area contributed by atoms with Crippen molar-refractivity contribution < 1.29 is 13.2 Å². The number of rotatable bonds is 3. The molecule has 0 unspecified atom stereocenters. The normalized spacial score (nSPS) is 15.9. The van der Waals surface area contributed by atoms with Crippen molar-refractivity contribution in [2.45, 2.75) is 25.1 Å². The molecule has 1 fully saturated rings. The minimum atomic E-state index is -4.52. The third-order valence-electron chi connectivity index (χ3n) is 4.28. The Morgan fingerprint density at radius 3 is 2.50 bits per heavy atom. The molecule has 2 aromatic rings. The lowest BCUT2D eigenvalue weighted by molar-refractivity contribution is -0.141. The maximum absolute atomic E-state index is 12.7. The highest BCUT2D eigenvalue weighted by molar-refractivity contribution is 5.40. The van der Waals surface area contributed by atoms with Crippen LogP contribution in [0.1, 0.15) is 18.5 Å². The molecule has 0 atom stereocenters. The van der Waals surface area contributed by atoms with E-state index in [0.717, 1.165) is 17.0 Å². The lowest BCUT2D eigenvalue weighted by Gasteiger charge is -2.33. The fraction of sp³-hybridized carbons (Fsp3) is 0.467. The second-order valence-electron chi connectivity index (χ2n) is 6.05. The van der Waals surface area contributed by atoms with E-state index in [0.29, 0.717) is 31.7 Å². The van der Waals surface area contributed by atoms with Gasteiger partial charge in [-0.25, -0.2) is 14.8 Å². The predicted octanol–water partition coefficient (Wildman–Crippen LogP) is 0.963. The summed E-state index contributed by atoms with van der Waals surface area (Å²) in [5, 5.41) is 2.98. The van der Waals surface area contributed by atoms with Crippen molar-refractivity contribution in [3.63, 3.8) is 0 Å². The molecule has 0 spiro atoms. The first-order valence-corrected chi connectivity index (χ1v) is 7.95. The van der Waals surface area contributed by atoms with Gasteiger partial charge in [-0.2, -0.15) is 13.2 Å². The van der Waals surface area contributed by atoms with Crippen molar-refractivity contribution in [1.82, 2.24) is 19.5 Å². The first-order chi connectivity index (χ1) is 12.2. The molecule has 1 aliphatic heterocycles. The molecule has 26 heavy (non-hydrogen) atoms. The molecule has 2 aromatic heterocycles. The zero-order valence-electron chi connectivity index (χ0n) is 13.9. The maximum Gasteiger partial charge on any atom is 0.433 e. The maximum atomic E-state index is 12.7. The predicted molar refractivity (Wildman–Crippen MR) is 88.2 cm³/mol. The van der Waals surface area contributed by atoms with E-state index in [1.165, 1.54) is 13.1 Å². The third kappa shape index (κ3) is 3.86. The van der Waals surface area contributed by atoms with E-state index >= 15 is 0 Å². The highest BCUT2D eigenvalue weighted by Gasteiger charge is 2.33. The number of hydrogen-bond donors (Lipinski definition) is 2. The van der Waals surface area contributed by atoms with E-state index in [-0.39, 0.29) is 11.9 Å². The molecule has 1 aliphatic rings. The first-order valence-electron chi connectivity index (χ1n) is 7.95. The number of alkyl halides is 3. The van der Waals surface area contributed by atoms with Gasteiger partial charge in [-0.15, -0.1) is 0 Å². The van der Waals surface area contributed by atoms with Crippen LogP contribution in [0.2, 0.25) is 0 Å². The van der Waals surface area contributed by atoms with Gasteiger partial charge in [0, 0.05) is 38.3 Å². The van der Waals surface area contributed by atoms with Crippen LogP contribution in [0.25, 0.3) is 0 Å². The Bertz CT molecular complexity index is 868. The molecule has 2 N–H and O–H groups in total. The molecule has 0 bridgehead atoms. The number of nitrogens with zero attached hydrogens (tertiary/aromatic N) is 4. The van der Waals surface area contributed by atoms with Crippen molar-refractivity contribution in [2.24, 2.45) is 7.05 Å². The number of nitrogens with one attached hydrogen (secondary N) is 2. The van der Waals surface area contributed by atoms with Crippen molar-refractivity contribution in [3.05, 3.63) is 45.0 Å². The molecule has 0 radical (unpaired) electrons. The standard InChI is InChI=1S/C15H17F3N6O2/c1-23-13(25)7-12(22-14(23)26)24-4-2-9(3-5-24)21-11-6-10(15(16,17)18)19-8-20-11/h6-9H,2-5H2,1H3,(H,22,26)(H,19,20,21). The van der Waals surface area contributed by atoms with Gasteiger partial charge in [0.1, 0.15) is 23.7 Å². The molecule has 11 heteroatoms. The number of aromatic amines is 1. The molecule has 140 valence electrons. The molecule has 0 saturated carbocycles. The fourth-order valence-corrected chi connectivity index (χ4v) is 2.78. The van der Waals surface area contributed by atoms with Gasteiger partial charge >= 0.3 is 11.9 Å². The van der Waals surface area contributed by atoms with Crippen LogP contribution in [0.4, 0.5) is 24.8 Å². The molecule has 8 nitrogen and oxygen atoms in total. The Balaban J connectivity index is 1.64. The summed E-state index contributed by atoms with van der Waals surface area (Å²) in [6.07, 6.45) is -2.41. The zero-order chi connectivity index (χ0) is 18.9. The van der Waals surface area contributed by atoms with Crippen molar-refractivity contribution in [3.8, 4) is 0 Å². The summed E-state index contributed by atoms with van der Waals surface area (Å²) in [5.41, 5.74) is -1.89. The summed E-state index contributed by atoms with van der Waals surface area (Å²) in [6.45, 7) is 1.08. The molecule has 0 aliphatic carbocycles. The van der Waals surface area contributed by atoms with E-state index in [9.17, 15) is 22.8 Å².